The highest BCUT2D eigenvalue weighted by Gasteiger charge is 2.13. The van der Waals surface area contributed by atoms with Crippen LogP contribution in [0, 0.1) is 0 Å². The van der Waals surface area contributed by atoms with Crippen LogP contribution in [0.5, 0.6) is 0 Å². The van der Waals surface area contributed by atoms with Gasteiger partial charge >= 0.3 is 0 Å². The lowest BCUT2D eigenvalue weighted by atomic mass is 10.0. The van der Waals surface area contributed by atoms with E-state index in [9.17, 15) is 0 Å². The van der Waals surface area contributed by atoms with E-state index in [1.54, 1.807) is 0 Å². The normalized spacial score (nSPS) is 11.2. The first kappa shape index (κ1) is 20.3. The highest BCUT2D eigenvalue weighted by atomic mass is 14.8. The van der Waals surface area contributed by atoms with E-state index in [-0.39, 0.29) is 0 Å². The first-order valence-electron chi connectivity index (χ1n) is 12.0. The largest absolute Gasteiger partial charge is 0.353 e. The van der Waals surface area contributed by atoms with Gasteiger partial charge < -0.3 is 9.97 Å². The summed E-state index contributed by atoms with van der Waals surface area (Å²) in [5.41, 5.74) is 9.62. The fraction of sp³-hybridized carbons (Fsp3) is 0.0625. The van der Waals surface area contributed by atoms with Gasteiger partial charge in [0.05, 0.1) is 11.0 Å². The molecule has 2 heteroatoms. The number of aromatic nitrogens is 2. The first-order valence-corrected chi connectivity index (χ1v) is 12.0. The van der Waals surface area contributed by atoms with Crippen LogP contribution < -0.4 is 0 Å². The van der Waals surface area contributed by atoms with Crippen molar-refractivity contribution in [1.82, 2.24) is 9.97 Å². The van der Waals surface area contributed by atoms with Crippen molar-refractivity contribution in [2.75, 3.05) is 0 Å². The summed E-state index contributed by atoms with van der Waals surface area (Å²) in [6.45, 7) is 4.00. The Morgan fingerprint density at radius 1 is 0.382 bits per heavy atom. The SMILES string of the molecule is CC.c1ccc(-c2ccc3[nH]c4c(ccc5c6cc(-c7ccccc7)ccc6[nH]c54)c3c2)cc1. The molecule has 7 rings (SSSR count). The van der Waals surface area contributed by atoms with Gasteiger partial charge in [0, 0.05) is 32.6 Å². The number of hydrogen-bond acceptors (Lipinski definition) is 0. The number of fused-ring (bicyclic) bond motifs is 7. The molecule has 0 amide bonds. The van der Waals surface area contributed by atoms with Crippen molar-refractivity contribution in [3.63, 3.8) is 0 Å². The Bertz CT molecular complexity index is 1620. The fourth-order valence-corrected chi connectivity index (χ4v) is 4.95. The van der Waals surface area contributed by atoms with Crippen LogP contribution in [0.25, 0.3) is 65.9 Å². The Labute approximate surface area is 198 Å². The van der Waals surface area contributed by atoms with Crippen LogP contribution in [0.15, 0.2) is 109 Å². The third kappa shape index (κ3) is 3.19. The zero-order valence-corrected chi connectivity index (χ0v) is 19.4. The molecule has 2 heterocycles. The molecule has 0 radical (unpaired) electrons. The second-order valence-corrected chi connectivity index (χ2v) is 8.41. The summed E-state index contributed by atoms with van der Waals surface area (Å²) in [5.74, 6) is 0. The lowest BCUT2D eigenvalue weighted by molar-refractivity contribution is 1.50. The van der Waals surface area contributed by atoms with E-state index in [0.29, 0.717) is 0 Å². The molecule has 2 aromatic heterocycles. The quantitative estimate of drug-likeness (QED) is 0.269. The van der Waals surface area contributed by atoms with E-state index in [1.807, 2.05) is 13.8 Å². The van der Waals surface area contributed by atoms with Crippen LogP contribution in [-0.4, -0.2) is 9.97 Å². The number of nitrogens with one attached hydrogen (secondary N) is 2. The molecule has 0 atom stereocenters. The maximum Gasteiger partial charge on any atom is 0.0710 e. The molecule has 164 valence electrons. The van der Waals surface area contributed by atoms with E-state index in [0.717, 1.165) is 11.0 Å². The summed E-state index contributed by atoms with van der Waals surface area (Å²) in [6, 6.07) is 39.0. The van der Waals surface area contributed by atoms with Gasteiger partial charge in [-0.05, 0) is 46.5 Å². The molecule has 34 heavy (non-hydrogen) atoms. The van der Waals surface area contributed by atoms with Gasteiger partial charge in [-0.3, -0.25) is 0 Å². The van der Waals surface area contributed by atoms with Crippen LogP contribution >= 0.6 is 0 Å². The number of rotatable bonds is 2. The van der Waals surface area contributed by atoms with Gasteiger partial charge in [-0.25, -0.2) is 0 Å². The monoisotopic (exact) mass is 438 g/mol. The Morgan fingerprint density at radius 3 is 1.21 bits per heavy atom. The Morgan fingerprint density at radius 2 is 0.794 bits per heavy atom. The van der Waals surface area contributed by atoms with Crippen molar-refractivity contribution in [1.29, 1.82) is 0 Å². The summed E-state index contributed by atoms with van der Waals surface area (Å²) in [4.78, 5) is 7.35. The molecule has 0 saturated carbocycles. The second-order valence-electron chi connectivity index (χ2n) is 8.41. The van der Waals surface area contributed by atoms with Crippen LogP contribution in [-0.2, 0) is 0 Å². The summed E-state index contributed by atoms with van der Waals surface area (Å²) < 4.78 is 0. The Hall–Kier alpha value is -4.30. The molecule has 0 saturated heterocycles. The number of H-pyrrole nitrogens is 2. The minimum atomic E-state index is 1.16. The predicted octanol–water partition coefficient (Wildman–Crippen LogP) is 9.32. The zero-order chi connectivity index (χ0) is 23.1. The van der Waals surface area contributed by atoms with E-state index < -0.39 is 0 Å². The van der Waals surface area contributed by atoms with Gasteiger partial charge in [0.15, 0.2) is 0 Å². The number of benzene rings is 5. The molecule has 0 bridgehead atoms. The first-order chi connectivity index (χ1) is 16.8. The smallest absolute Gasteiger partial charge is 0.0710 e. The molecule has 2 N–H and O–H groups in total. The highest BCUT2D eigenvalue weighted by molar-refractivity contribution is 6.22. The standard InChI is InChI=1S/C30H20N2.C2H6/c1-3-7-19(8-4-1)21-11-15-27-25(17-21)23-13-14-24-26-18-22(20-9-5-2-6-10-20)12-16-28(26)32-30(24)29(23)31-27;1-2/h1-18,31-32H;1-2H3. The van der Waals surface area contributed by atoms with Gasteiger partial charge in [-0.2, -0.15) is 0 Å². The maximum atomic E-state index is 3.68. The molecule has 0 aliphatic rings. The Balaban J connectivity index is 0.00000106. The van der Waals surface area contributed by atoms with Crippen molar-refractivity contribution in [2.45, 2.75) is 13.8 Å². The van der Waals surface area contributed by atoms with Crippen LogP contribution in [0.1, 0.15) is 13.8 Å². The van der Waals surface area contributed by atoms with Gasteiger partial charge in [0.25, 0.3) is 0 Å². The maximum absolute atomic E-state index is 3.68. The molecular formula is C32H26N2. The number of hydrogen-bond donors (Lipinski definition) is 2. The minimum absolute atomic E-state index is 1.16. The van der Waals surface area contributed by atoms with Crippen molar-refractivity contribution in [2.24, 2.45) is 0 Å². The lowest BCUT2D eigenvalue weighted by Gasteiger charge is -2.02. The molecule has 0 aliphatic carbocycles. The lowest BCUT2D eigenvalue weighted by Crippen LogP contribution is -1.77. The molecule has 5 aromatic carbocycles. The van der Waals surface area contributed by atoms with Gasteiger partial charge in [0.2, 0.25) is 0 Å². The molecule has 2 nitrogen and oxygen atoms in total. The van der Waals surface area contributed by atoms with Crippen molar-refractivity contribution in [3.05, 3.63) is 109 Å². The van der Waals surface area contributed by atoms with E-state index >= 15 is 0 Å². The van der Waals surface area contributed by atoms with Gasteiger partial charge in [-0.15, -0.1) is 0 Å². The number of aromatic amines is 2. The zero-order valence-electron chi connectivity index (χ0n) is 19.4. The van der Waals surface area contributed by atoms with Crippen LogP contribution in [0.3, 0.4) is 0 Å². The van der Waals surface area contributed by atoms with Crippen molar-refractivity contribution >= 4 is 43.6 Å². The van der Waals surface area contributed by atoms with E-state index in [2.05, 4.69) is 119 Å². The van der Waals surface area contributed by atoms with Crippen LogP contribution in [0.4, 0.5) is 0 Å². The highest BCUT2D eigenvalue weighted by Crippen LogP contribution is 2.37. The second kappa shape index (κ2) is 8.24. The summed E-state index contributed by atoms with van der Waals surface area (Å²) >= 11 is 0. The summed E-state index contributed by atoms with van der Waals surface area (Å²) in [6.07, 6.45) is 0. The minimum Gasteiger partial charge on any atom is -0.353 e. The van der Waals surface area contributed by atoms with Crippen molar-refractivity contribution in [3.8, 4) is 22.3 Å². The summed E-state index contributed by atoms with van der Waals surface area (Å²) in [5, 5.41) is 5.01. The molecule has 0 aliphatic heterocycles. The molecule has 0 fully saturated rings. The predicted molar refractivity (Wildman–Crippen MR) is 147 cm³/mol. The van der Waals surface area contributed by atoms with Gasteiger partial charge in [-0.1, -0.05) is 98.8 Å². The molecular weight excluding hydrogens is 412 g/mol. The molecule has 7 aromatic rings. The van der Waals surface area contributed by atoms with E-state index in [1.165, 1.54) is 54.8 Å². The fourth-order valence-electron chi connectivity index (χ4n) is 4.95. The van der Waals surface area contributed by atoms with Gasteiger partial charge in [0.1, 0.15) is 0 Å². The topological polar surface area (TPSA) is 31.6 Å². The Kier molecular flexibility index (Phi) is 4.92. The third-order valence-electron chi connectivity index (χ3n) is 6.56. The summed E-state index contributed by atoms with van der Waals surface area (Å²) in [7, 11) is 0. The van der Waals surface area contributed by atoms with Crippen LogP contribution in [0.2, 0.25) is 0 Å². The van der Waals surface area contributed by atoms with Crippen molar-refractivity contribution < 1.29 is 0 Å². The third-order valence-corrected chi connectivity index (χ3v) is 6.56. The van der Waals surface area contributed by atoms with E-state index in [4.69, 9.17) is 0 Å². The average molecular weight is 439 g/mol. The molecule has 0 spiro atoms. The average Bonchev–Trinajstić information content (AvgIpc) is 3.48. The molecule has 0 unspecified atom stereocenters.